The maximum absolute atomic E-state index is 11.9. The Morgan fingerprint density at radius 3 is 2.55 bits per heavy atom. The molecule has 0 atom stereocenters. The molecular weight excluding hydrogens is 272 g/mol. The molecule has 0 aromatic heterocycles. The molecule has 4 heteroatoms. The number of nitrogens with one attached hydrogen (secondary N) is 2. The quantitative estimate of drug-likeness (QED) is 0.892. The van der Waals surface area contributed by atoms with Crippen LogP contribution in [0, 0.1) is 13.8 Å². The number of rotatable bonds is 4. The first-order valence-corrected chi connectivity index (χ1v) is 6.79. The molecule has 0 aliphatic rings. The van der Waals surface area contributed by atoms with Gasteiger partial charge in [-0.2, -0.15) is 0 Å². The molecule has 0 radical (unpaired) electrons. The number of hydrogen-bond acceptors (Lipinski definition) is 2. The fourth-order valence-electron chi connectivity index (χ4n) is 1.81. The van der Waals surface area contributed by atoms with Gasteiger partial charge in [0, 0.05) is 16.4 Å². The summed E-state index contributed by atoms with van der Waals surface area (Å²) < 4.78 is 0. The number of halogens is 1. The van der Waals surface area contributed by atoms with E-state index in [0.29, 0.717) is 5.02 Å². The molecule has 0 heterocycles. The maximum Gasteiger partial charge on any atom is 0.243 e. The van der Waals surface area contributed by atoms with Crippen LogP contribution < -0.4 is 10.6 Å². The van der Waals surface area contributed by atoms with Gasteiger partial charge in [-0.15, -0.1) is 0 Å². The first kappa shape index (κ1) is 14.4. The summed E-state index contributed by atoms with van der Waals surface area (Å²) in [6.07, 6.45) is 0. The lowest BCUT2D eigenvalue weighted by Crippen LogP contribution is -2.21. The highest BCUT2D eigenvalue weighted by Gasteiger charge is 2.03. The predicted octanol–water partition coefficient (Wildman–Crippen LogP) is 4.01. The van der Waals surface area contributed by atoms with Gasteiger partial charge in [0.15, 0.2) is 0 Å². The Balaban J connectivity index is 1.91. The first-order valence-electron chi connectivity index (χ1n) is 6.41. The fraction of sp³-hybridized carbons (Fsp3) is 0.188. The van der Waals surface area contributed by atoms with Crippen LogP contribution in [0.3, 0.4) is 0 Å². The molecule has 0 aliphatic carbocycles. The summed E-state index contributed by atoms with van der Waals surface area (Å²) in [6, 6.07) is 13.1. The van der Waals surface area contributed by atoms with Crippen LogP contribution in [0.25, 0.3) is 0 Å². The Hall–Kier alpha value is -2.00. The Bertz CT molecular complexity index is 626. The lowest BCUT2D eigenvalue weighted by Gasteiger charge is -2.09. The van der Waals surface area contributed by atoms with Crippen molar-refractivity contribution in [3.63, 3.8) is 0 Å². The average molecular weight is 289 g/mol. The Labute approximate surface area is 124 Å². The third-order valence-electron chi connectivity index (χ3n) is 3.07. The molecule has 2 N–H and O–H groups in total. The van der Waals surface area contributed by atoms with E-state index in [9.17, 15) is 4.79 Å². The zero-order valence-electron chi connectivity index (χ0n) is 11.5. The molecule has 2 aromatic rings. The second-order valence-corrected chi connectivity index (χ2v) is 5.15. The molecule has 0 unspecified atom stereocenters. The number of benzene rings is 2. The van der Waals surface area contributed by atoms with E-state index in [2.05, 4.69) is 10.6 Å². The zero-order chi connectivity index (χ0) is 14.5. The first-order chi connectivity index (χ1) is 9.54. The van der Waals surface area contributed by atoms with Crippen molar-refractivity contribution in [2.45, 2.75) is 13.8 Å². The van der Waals surface area contributed by atoms with Crippen molar-refractivity contribution >= 4 is 28.9 Å². The van der Waals surface area contributed by atoms with Gasteiger partial charge < -0.3 is 10.6 Å². The number of hydrogen-bond donors (Lipinski definition) is 2. The molecule has 3 nitrogen and oxygen atoms in total. The number of anilines is 2. The van der Waals surface area contributed by atoms with Crippen LogP contribution in [0.4, 0.5) is 11.4 Å². The lowest BCUT2D eigenvalue weighted by molar-refractivity contribution is -0.114. The topological polar surface area (TPSA) is 41.1 Å². The van der Waals surface area contributed by atoms with E-state index >= 15 is 0 Å². The number of carbonyl (C=O) groups is 1. The van der Waals surface area contributed by atoms with E-state index in [1.807, 2.05) is 44.2 Å². The molecule has 0 spiro atoms. The second kappa shape index (κ2) is 6.44. The van der Waals surface area contributed by atoms with Crippen molar-refractivity contribution in [2.24, 2.45) is 0 Å². The summed E-state index contributed by atoms with van der Waals surface area (Å²) >= 11 is 5.88. The van der Waals surface area contributed by atoms with Crippen LogP contribution in [-0.2, 0) is 4.79 Å². The second-order valence-electron chi connectivity index (χ2n) is 4.71. The summed E-state index contributed by atoms with van der Waals surface area (Å²) in [5.41, 5.74) is 4.00. The Morgan fingerprint density at radius 1 is 1.05 bits per heavy atom. The van der Waals surface area contributed by atoms with Gasteiger partial charge in [0.1, 0.15) is 0 Å². The van der Waals surface area contributed by atoms with Crippen molar-refractivity contribution in [1.82, 2.24) is 0 Å². The highest BCUT2D eigenvalue weighted by molar-refractivity contribution is 6.30. The highest BCUT2D eigenvalue weighted by atomic mass is 35.5. The van der Waals surface area contributed by atoms with E-state index in [-0.39, 0.29) is 12.5 Å². The van der Waals surface area contributed by atoms with E-state index in [0.717, 1.165) is 16.9 Å². The zero-order valence-corrected chi connectivity index (χ0v) is 12.3. The molecule has 0 bridgehead atoms. The number of aryl methyl sites for hydroxylation is 2. The van der Waals surface area contributed by atoms with Crippen molar-refractivity contribution in [3.8, 4) is 0 Å². The van der Waals surface area contributed by atoms with Crippen LogP contribution in [0.5, 0.6) is 0 Å². The van der Waals surface area contributed by atoms with E-state index in [4.69, 9.17) is 11.6 Å². The standard InChI is InChI=1S/C16H17ClN2O/c1-11-6-7-15(8-12(11)2)19-16(20)10-18-14-5-3-4-13(17)9-14/h3-9,18H,10H2,1-2H3,(H,19,20). The molecule has 0 fully saturated rings. The molecule has 2 rings (SSSR count). The molecule has 2 aromatic carbocycles. The van der Waals surface area contributed by atoms with Gasteiger partial charge >= 0.3 is 0 Å². The molecular formula is C16H17ClN2O. The van der Waals surface area contributed by atoms with Gasteiger partial charge in [0.25, 0.3) is 0 Å². The minimum atomic E-state index is -0.0896. The van der Waals surface area contributed by atoms with E-state index < -0.39 is 0 Å². The SMILES string of the molecule is Cc1ccc(NC(=O)CNc2cccc(Cl)c2)cc1C. The summed E-state index contributed by atoms with van der Waals surface area (Å²) in [6.45, 7) is 4.27. The highest BCUT2D eigenvalue weighted by Crippen LogP contribution is 2.15. The summed E-state index contributed by atoms with van der Waals surface area (Å²) in [4.78, 5) is 11.9. The third kappa shape index (κ3) is 4.00. The Kier molecular flexibility index (Phi) is 4.64. The predicted molar refractivity (Wildman–Crippen MR) is 84.5 cm³/mol. The Morgan fingerprint density at radius 2 is 1.85 bits per heavy atom. The smallest absolute Gasteiger partial charge is 0.243 e. The summed E-state index contributed by atoms with van der Waals surface area (Å²) in [5.74, 6) is -0.0896. The summed E-state index contributed by atoms with van der Waals surface area (Å²) in [7, 11) is 0. The molecule has 0 saturated heterocycles. The normalized spacial score (nSPS) is 10.2. The minimum Gasteiger partial charge on any atom is -0.376 e. The van der Waals surface area contributed by atoms with Crippen LogP contribution in [0.2, 0.25) is 5.02 Å². The van der Waals surface area contributed by atoms with Crippen LogP contribution in [-0.4, -0.2) is 12.5 Å². The molecule has 0 aliphatic heterocycles. The van der Waals surface area contributed by atoms with Gasteiger partial charge in [-0.05, 0) is 55.3 Å². The molecule has 104 valence electrons. The van der Waals surface area contributed by atoms with Crippen LogP contribution in [0.15, 0.2) is 42.5 Å². The van der Waals surface area contributed by atoms with E-state index in [1.165, 1.54) is 5.56 Å². The number of amides is 1. The molecule has 20 heavy (non-hydrogen) atoms. The van der Waals surface area contributed by atoms with Crippen molar-refractivity contribution < 1.29 is 4.79 Å². The van der Waals surface area contributed by atoms with Crippen LogP contribution >= 0.6 is 11.6 Å². The number of carbonyl (C=O) groups excluding carboxylic acids is 1. The van der Waals surface area contributed by atoms with Crippen molar-refractivity contribution in [2.75, 3.05) is 17.2 Å². The van der Waals surface area contributed by atoms with Gasteiger partial charge in [0.05, 0.1) is 6.54 Å². The third-order valence-corrected chi connectivity index (χ3v) is 3.30. The van der Waals surface area contributed by atoms with Crippen LogP contribution in [0.1, 0.15) is 11.1 Å². The maximum atomic E-state index is 11.9. The fourth-order valence-corrected chi connectivity index (χ4v) is 2.00. The largest absolute Gasteiger partial charge is 0.376 e. The minimum absolute atomic E-state index is 0.0896. The van der Waals surface area contributed by atoms with Gasteiger partial charge in [-0.3, -0.25) is 4.79 Å². The lowest BCUT2D eigenvalue weighted by atomic mass is 10.1. The van der Waals surface area contributed by atoms with Gasteiger partial charge in [-0.1, -0.05) is 23.7 Å². The summed E-state index contributed by atoms with van der Waals surface area (Å²) in [5, 5.41) is 6.54. The average Bonchev–Trinajstić information content (AvgIpc) is 2.41. The van der Waals surface area contributed by atoms with Crippen molar-refractivity contribution in [1.29, 1.82) is 0 Å². The van der Waals surface area contributed by atoms with Gasteiger partial charge in [-0.25, -0.2) is 0 Å². The van der Waals surface area contributed by atoms with Crippen molar-refractivity contribution in [3.05, 3.63) is 58.6 Å². The molecule has 0 saturated carbocycles. The van der Waals surface area contributed by atoms with Gasteiger partial charge in [0.2, 0.25) is 5.91 Å². The monoisotopic (exact) mass is 288 g/mol. The molecule has 1 amide bonds. The van der Waals surface area contributed by atoms with E-state index in [1.54, 1.807) is 12.1 Å².